The summed E-state index contributed by atoms with van der Waals surface area (Å²) < 4.78 is 0. The van der Waals surface area contributed by atoms with Gasteiger partial charge in [-0.25, -0.2) is 4.98 Å². The van der Waals surface area contributed by atoms with E-state index in [1.165, 1.54) is 0 Å². The molecular weight excluding hydrogens is 483 g/mol. The lowest BCUT2D eigenvalue weighted by molar-refractivity contribution is 0.0963. The molecule has 1 unspecified atom stereocenters. The molecule has 0 aliphatic carbocycles. The van der Waals surface area contributed by atoms with Crippen LogP contribution in [0.2, 0.25) is 10.0 Å². The fraction of sp³-hybridized carbons (Fsp3) is 0.0714. The summed E-state index contributed by atoms with van der Waals surface area (Å²) in [5, 5.41) is 28.0. The fourth-order valence-electron chi connectivity index (χ4n) is 4.19. The summed E-state index contributed by atoms with van der Waals surface area (Å²) in [4.78, 5) is 17.9. The van der Waals surface area contributed by atoms with Crippen molar-refractivity contribution in [3.8, 4) is 11.6 Å². The second kappa shape index (κ2) is 9.45. The number of carbonyl (C=O) groups excluding carboxylic acids is 1. The van der Waals surface area contributed by atoms with E-state index in [0.717, 1.165) is 22.0 Å². The maximum absolute atomic E-state index is 13.8. The molecule has 1 aromatic heterocycles. The number of benzene rings is 4. The van der Waals surface area contributed by atoms with Gasteiger partial charge in [-0.1, -0.05) is 71.7 Å². The van der Waals surface area contributed by atoms with Crippen LogP contribution < -0.4 is 5.32 Å². The number of pyridine rings is 1. The molecule has 0 aliphatic rings. The number of anilines is 1. The van der Waals surface area contributed by atoms with Crippen LogP contribution in [0.3, 0.4) is 0 Å². The van der Waals surface area contributed by atoms with Gasteiger partial charge in [0.2, 0.25) is 5.88 Å². The number of carbonyl (C=O) groups is 1. The Labute approximate surface area is 211 Å². The Bertz CT molecular complexity index is 1570. The van der Waals surface area contributed by atoms with E-state index in [1.807, 2.05) is 54.6 Å². The van der Waals surface area contributed by atoms with Crippen LogP contribution in [0.5, 0.6) is 11.6 Å². The molecule has 0 bridgehead atoms. The van der Waals surface area contributed by atoms with Crippen molar-refractivity contribution < 1.29 is 15.0 Å². The molecule has 0 saturated heterocycles. The zero-order valence-electron chi connectivity index (χ0n) is 18.4. The van der Waals surface area contributed by atoms with Crippen molar-refractivity contribution in [3.05, 3.63) is 106 Å². The van der Waals surface area contributed by atoms with Gasteiger partial charge < -0.3 is 15.5 Å². The number of ketones is 1. The van der Waals surface area contributed by atoms with Crippen LogP contribution in [0, 0.1) is 0 Å². The van der Waals surface area contributed by atoms with Gasteiger partial charge in [0, 0.05) is 17.1 Å². The Morgan fingerprint density at radius 3 is 2.40 bits per heavy atom. The summed E-state index contributed by atoms with van der Waals surface area (Å²) in [6.07, 6.45) is 0.280. The third-order valence-electron chi connectivity index (χ3n) is 5.92. The number of fused-ring (bicyclic) bond motifs is 2. The van der Waals surface area contributed by atoms with E-state index in [-0.39, 0.29) is 22.4 Å². The maximum Gasteiger partial charge on any atom is 0.226 e. The minimum Gasteiger partial charge on any atom is -0.506 e. The molecule has 0 amide bonds. The third kappa shape index (κ3) is 4.61. The van der Waals surface area contributed by atoms with E-state index in [2.05, 4.69) is 10.3 Å². The van der Waals surface area contributed by atoms with Crippen LogP contribution >= 0.6 is 23.2 Å². The first kappa shape index (κ1) is 23.0. The minimum atomic E-state index is -0.823. The number of Topliss-reactive ketones (excluding diaryl/α,β-unsaturated/α-hetero) is 1. The van der Waals surface area contributed by atoms with Crippen molar-refractivity contribution in [2.45, 2.75) is 12.5 Å². The molecule has 5 rings (SSSR count). The van der Waals surface area contributed by atoms with Crippen LogP contribution in [0.1, 0.15) is 15.9 Å². The molecule has 4 aromatic carbocycles. The van der Waals surface area contributed by atoms with E-state index in [1.54, 1.807) is 30.3 Å². The molecule has 5 nitrogen and oxygen atoms in total. The molecule has 0 saturated carbocycles. The molecule has 1 atom stereocenters. The number of rotatable bonds is 6. The molecule has 5 aromatic rings. The second-order valence-corrected chi connectivity index (χ2v) is 9.09. The Morgan fingerprint density at radius 2 is 1.63 bits per heavy atom. The van der Waals surface area contributed by atoms with Crippen LogP contribution in [-0.4, -0.2) is 27.0 Å². The molecule has 0 spiro atoms. The highest BCUT2D eigenvalue weighted by molar-refractivity contribution is 6.36. The molecule has 0 aliphatic heterocycles. The van der Waals surface area contributed by atoms with Crippen molar-refractivity contribution in [2.24, 2.45) is 0 Å². The standard InChI is InChI=1S/C28H20Cl2N2O3/c29-19-11-8-16(9-12-19)14-23(31-20-13-10-17-4-1-2-5-18(17)15-20)26(33)25-27(34)24-21(30)6-3-7-22(24)32-28(25)35/h1-13,15,23,31H,14H2,(H2,32,34,35). The maximum atomic E-state index is 13.8. The summed E-state index contributed by atoms with van der Waals surface area (Å²) in [5.41, 5.74) is 1.59. The summed E-state index contributed by atoms with van der Waals surface area (Å²) in [7, 11) is 0. The average Bonchev–Trinajstić information content (AvgIpc) is 2.84. The summed E-state index contributed by atoms with van der Waals surface area (Å²) >= 11 is 12.3. The Hall–Kier alpha value is -3.80. The lowest BCUT2D eigenvalue weighted by Crippen LogP contribution is -2.32. The highest BCUT2D eigenvalue weighted by Crippen LogP contribution is 2.38. The number of hydrogen-bond acceptors (Lipinski definition) is 5. The monoisotopic (exact) mass is 502 g/mol. The highest BCUT2D eigenvalue weighted by atomic mass is 35.5. The van der Waals surface area contributed by atoms with E-state index in [0.29, 0.717) is 10.5 Å². The van der Waals surface area contributed by atoms with Gasteiger partial charge in [-0.15, -0.1) is 0 Å². The molecule has 1 heterocycles. The summed E-state index contributed by atoms with van der Waals surface area (Å²) in [6, 6.07) is 24.9. The summed E-state index contributed by atoms with van der Waals surface area (Å²) in [6.45, 7) is 0. The average molecular weight is 503 g/mol. The quantitative estimate of drug-likeness (QED) is 0.217. The van der Waals surface area contributed by atoms with Crippen LogP contribution in [-0.2, 0) is 6.42 Å². The van der Waals surface area contributed by atoms with E-state index < -0.39 is 23.5 Å². The number of hydrogen-bond donors (Lipinski definition) is 3. The van der Waals surface area contributed by atoms with Crippen LogP contribution in [0.4, 0.5) is 5.69 Å². The smallest absolute Gasteiger partial charge is 0.226 e. The Balaban J connectivity index is 1.58. The predicted octanol–water partition coefficient (Wildman–Crippen LogP) is 7.01. The first-order chi connectivity index (χ1) is 16.9. The highest BCUT2D eigenvalue weighted by Gasteiger charge is 2.29. The van der Waals surface area contributed by atoms with Crippen molar-refractivity contribution in [1.29, 1.82) is 0 Å². The Kier molecular flexibility index (Phi) is 6.20. The largest absolute Gasteiger partial charge is 0.506 e. The fourth-order valence-corrected chi connectivity index (χ4v) is 4.57. The van der Waals surface area contributed by atoms with Gasteiger partial charge in [0.25, 0.3) is 0 Å². The molecule has 0 radical (unpaired) electrons. The first-order valence-electron chi connectivity index (χ1n) is 10.9. The molecule has 0 fully saturated rings. The third-order valence-corrected chi connectivity index (χ3v) is 6.49. The molecular formula is C28H20Cl2N2O3. The van der Waals surface area contributed by atoms with Crippen molar-refractivity contribution in [3.63, 3.8) is 0 Å². The van der Waals surface area contributed by atoms with Gasteiger partial charge in [-0.2, -0.15) is 0 Å². The predicted molar refractivity (Wildman–Crippen MR) is 141 cm³/mol. The van der Waals surface area contributed by atoms with Crippen LogP contribution in [0.25, 0.3) is 21.7 Å². The van der Waals surface area contributed by atoms with Crippen LogP contribution in [0.15, 0.2) is 84.9 Å². The molecule has 174 valence electrons. The zero-order chi connectivity index (χ0) is 24.5. The second-order valence-electron chi connectivity index (χ2n) is 8.25. The number of halogens is 2. The Morgan fingerprint density at radius 1 is 0.886 bits per heavy atom. The van der Waals surface area contributed by atoms with E-state index in [9.17, 15) is 15.0 Å². The molecule has 35 heavy (non-hydrogen) atoms. The van der Waals surface area contributed by atoms with Gasteiger partial charge in [-0.3, -0.25) is 4.79 Å². The zero-order valence-corrected chi connectivity index (χ0v) is 19.9. The van der Waals surface area contributed by atoms with Gasteiger partial charge in [-0.05, 0) is 52.7 Å². The summed E-state index contributed by atoms with van der Waals surface area (Å²) in [5.74, 6) is -1.47. The number of aromatic hydroxyl groups is 2. The topological polar surface area (TPSA) is 82.5 Å². The lowest BCUT2D eigenvalue weighted by atomic mass is 9.96. The van der Waals surface area contributed by atoms with Crippen molar-refractivity contribution in [1.82, 2.24) is 4.98 Å². The number of aromatic nitrogens is 1. The minimum absolute atomic E-state index is 0.214. The van der Waals surface area contributed by atoms with Gasteiger partial charge in [0.1, 0.15) is 11.3 Å². The normalized spacial score (nSPS) is 12.1. The molecule has 3 N–H and O–H groups in total. The van der Waals surface area contributed by atoms with E-state index >= 15 is 0 Å². The van der Waals surface area contributed by atoms with Gasteiger partial charge >= 0.3 is 0 Å². The number of nitrogens with one attached hydrogen (secondary N) is 1. The van der Waals surface area contributed by atoms with Crippen molar-refractivity contribution in [2.75, 3.05) is 5.32 Å². The SMILES string of the molecule is O=C(c1c(O)nc2cccc(Cl)c2c1O)C(Cc1ccc(Cl)cc1)Nc1ccc2ccccc2c1. The van der Waals surface area contributed by atoms with Gasteiger partial charge in [0.05, 0.1) is 22.0 Å². The van der Waals surface area contributed by atoms with Gasteiger partial charge in [0.15, 0.2) is 5.78 Å². The van der Waals surface area contributed by atoms with E-state index in [4.69, 9.17) is 23.2 Å². The molecule has 7 heteroatoms. The lowest BCUT2D eigenvalue weighted by Gasteiger charge is -2.21. The number of nitrogens with zero attached hydrogens (tertiary/aromatic N) is 1. The first-order valence-corrected chi connectivity index (χ1v) is 11.7. The van der Waals surface area contributed by atoms with Crippen molar-refractivity contribution >= 4 is 56.3 Å².